The van der Waals surface area contributed by atoms with Crippen molar-refractivity contribution in [3.05, 3.63) is 70.8 Å². The summed E-state index contributed by atoms with van der Waals surface area (Å²) in [6.45, 7) is 2.58. The van der Waals surface area contributed by atoms with Crippen LogP contribution in [0.5, 0.6) is 5.75 Å². The maximum Gasteiger partial charge on any atom is 0.127 e. The van der Waals surface area contributed by atoms with Crippen LogP contribution in [0.2, 0.25) is 0 Å². The summed E-state index contributed by atoms with van der Waals surface area (Å²) < 4.78 is 5.86. The van der Waals surface area contributed by atoms with Gasteiger partial charge in [-0.1, -0.05) is 30.3 Å². The van der Waals surface area contributed by atoms with Crippen molar-refractivity contribution in [3.63, 3.8) is 0 Å². The monoisotopic (exact) mass is 247 g/mol. The van der Waals surface area contributed by atoms with E-state index in [0.717, 1.165) is 16.9 Å². The summed E-state index contributed by atoms with van der Waals surface area (Å²) in [5, 5.41) is 9.05. The molecule has 0 N–H and O–H groups in total. The highest BCUT2D eigenvalue weighted by molar-refractivity contribution is 5.85. The van der Waals surface area contributed by atoms with Crippen LogP contribution in [0.4, 0.5) is 0 Å². The number of nitriles is 1. The van der Waals surface area contributed by atoms with E-state index in [2.05, 4.69) is 24.3 Å². The first-order chi connectivity index (χ1) is 9.33. The highest BCUT2D eigenvalue weighted by atomic mass is 16.5. The minimum Gasteiger partial charge on any atom is -0.488 e. The minimum absolute atomic E-state index is 0.562. The highest BCUT2D eigenvalue weighted by Crippen LogP contribution is 2.36. The second-order valence-electron chi connectivity index (χ2n) is 4.47. The molecule has 0 saturated carbocycles. The third-order valence-electron chi connectivity index (χ3n) is 3.38. The normalized spacial score (nSPS) is 14.8. The third kappa shape index (κ3) is 1.90. The number of hydrogen-bond acceptors (Lipinski definition) is 2. The predicted octanol–water partition coefficient (Wildman–Crippen LogP) is 3.90. The Morgan fingerprint density at radius 1 is 1.16 bits per heavy atom. The number of nitrogens with zero attached hydrogens (tertiary/aromatic N) is 1. The van der Waals surface area contributed by atoms with E-state index in [1.165, 1.54) is 11.1 Å². The molecule has 0 bridgehead atoms. The van der Waals surface area contributed by atoms with Gasteiger partial charge in [0, 0.05) is 5.56 Å². The number of rotatable bonds is 0. The van der Waals surface area contributed by atoms with Crippen LogP contribution >= 0.6 is 0 Å². The number of hydrogen-bond donors (Lipinski definition) is 0. The topological polar surface area (TPSA) is 33.0 Å². The molecule has 0 saturated heterocycles. The zero-order chi connectivity index (χ0) is 13.2. The summed E-state index contributed by atoms with van der Waals surface area (Å²) in [4.78, 5) is 0. The van der Waals surface area contributed by atoms with Gasteiger partial charge in [0.25, 0.3) is 0 Å². The molecule has 3 rings (SSSR count). The van der Waals surface area contributed by atoms with Crippen molar-refractivity contribution in [2.75, 3.05) is 0 Å². The first kappa shape index (κ1) is 11.6. The van der Waals surface area contributed by atoms with Gasteiger partial charge >= 0.3 is 0 Å². The molecule has 0 fully saturated rings. The van der Waals surface area contributed by atoms with Crippen molar-refractivity contribution in [1.29, 1.82) is 5.26 Å². The van der Waals surface area contributed by atoms with Crippen molar-refractivity contribution >= 4 is 5.57 Å². The van der Waals surface area contributed by atoms with E-state index < -0.39 is 0 Å². The molecule has 0 aliphatic carbocycles. The van der Waals surface area contributed by atoms with Gasteiger partial charge in [0.15, 0.2) is 0 Å². The molecular formula is C17H13NO. The summed E-state index contributed by atoms with van der Waals surface area (Å²) in [7, 11) is 0. The van der Waals surface area contributed by atoms with E-state index in [1.807, 2.05) is 31.2 Å². The van der Waals surface area contributed by atoms with E-state index in [0.29, 0.717) is 12.2 Å². The number of benzene rings is 2. The standard InChI is InChI=1S/C17H13NO/c1-2-14-15-6-4-3-5-13(15)11-19-17-8-7-12(10-18)9-16(14)17/h2-9H,11H2,1H3. The molecule has 2 aromatic rings. The molecule has 0 amide bonds. The second kappa shape index (κ2) is 4.62. The zero-order valence-corrected chi connectivity index (χ0v) is 10.7. The fourth-order valence-corrected chi connectivity index (χ4v) is 2.46. The van der Waals surface area contributed by atoms with Crippen LogP contribution in [0, 0.1) is 11.3 Å². The van der Waals surface area contributed by atoms with Gasteiger partial charge in [0.2, 0.25) is 0 Å². The quantitative estimate of drug-likeness (QED) is 0.707. The molecule has 0 spiro atoms. The highest BCUT2D eigenvalue weighted by Gasteiger charge is 2.18. The van der Waals surface area contributed by atoms with Crippen molar-refractivity contribution < 1.29 is 4.74 Å². The van der Waals surface area contributed by atoms with E-state index >= 15 is 0 Å². The Labute approximate surface area is 112 Å². The summed E-state index contributed by atoms with van der Waals surface area (Å²) in [5.41, 5.74) is 5.12. The lowest BCUT2D eigenvalue weighted by molar-refractivity contribution is 0.307. The lowest BCUT2D eigenvalue weighted by Crippen LogP contribution is -1.94. The van der Waals surface area contributed by atoms with Gasteiger partial charge in [0.05, 0.1) is 11.6 Å². The maximum absolute atomic E-state index is 9.05. The van der Waals surface area contributed by atoms with Gasteiger partial charge in [-0.3, -0.25) is 0 Å². The lowest BCUT2D eigenvalue weighted by Gasteiger charge is -2.09. The maximum atomic E-state index is 9.05. The smallest absolute Gasteiger partial charge is 0.127 e. The molecule has 0 aromatic heterocycles. The largest absolute Gasteiger partial charge is 0.488 e. The van der Waals surface area contributed by atoms with Crippen molar-refractivity contribution in [3.8, 4) is 11.8 Å². The second-order valence-corrected chi connectivity index (χ2v) is 4.47. The van der Waals surface area contributed by atoms with Crippen molar-refractivity contribution in [2.24, 2.45) is 0 Å². The number of allylic oxidation sites excluding steroid dienone is 1. The summed E-state index contributed by atoms with van der Waals surface area (Å²) in [6, 6.07) is 16.0. The van der Waals surface area contributed by atoms with E-state index in [1.54, 1.807) is 6.07 Å². The van der Waals surface area contributed by atoms with E-state index in [4.69, 9.17) is 10.00 Å². The van der Waals surface area contributed by atoms with Gasteiger partial charge in [-0.2, -0.15) is 5.26 Å². The average Bonchev–Trinajstić information content (AvgIpc) is 2.62. The van der Waals surface area contributed by atoms with Gasteiger partial charge in [-0.05, 0) is 41.8 Å². The SMILES string of the molecule is CC=C1c2ccccc2COc2ccc(C#N)cc21. The number of ether oxygens (including phenoxy) is 1. The summed E-state index contributed by atoms with van der Waals surface area (Å²) in [6.07, 6.45) is 2.08. The van der Waals surface area contributed by atoms with Gasteiger partial charge in [-0.25, -0.2) is 0 Å². The molecule has 1 aliphatic rings. The Balaban J connectivity index is 2.26. The Morgan fingerprint density at radius 2 is 2.00 bits per heavy atom. The molecular weight excluding hydrogens is 234 g/mol. The lowest BCUT2D eigenvalue weighted by atomic mass is 9.93. The first-order valence-corrected chi connectivity index (χ1v) is 6.25. The molecule has 0 atom stereocenters. The van der Waals surface area contributed by atoms with Gasteiger partial charge in [0.1, 0.15) is 12.4 Å². The van der Waals surface area contributed by atoms with Gasteiger partial charge in [-0.15, -0.1) is 0 Å². The molecule has 92 valence electrons. The molecule has 2 heteroatoms. The van der Waals surface area contributed by atoms with Crippen LogP contribution in [0.25, 0.3) is 5.57 Å². The fraction of sp³-hybridized carbons (Fsp3) is 0.118. The number of fused-ring (bicyclic) bond motifs is 2. The Hall–Kier alpha value is -2.53. The summed E-state index contributed by atoms with van der Waals surface area (Å²) in [5.74, 6) is 0.836. The van der Waals surface area contributed by atoms with Crippen LogP contribution in [-0.4, -0.2) is 0 Å². The molecule has 0 unspecified atom stereocenters. The van der Waals surface area contributed by atoms with Crippen LogP contribution in [0.3, 0.4) is 0 Å². The van der Waals surface area contributed by atoms with Crippen molar-refractivity contribution in [2.45, 2.75) is 13.5 Å². The first-order valence-electron chi connectivity index (χ1n) is 6.25. The molecule has 0 radical (unpaired) electrons. The zero-order valence-electron chi connectivity index (χ0n) is 10.7. The van der Waals surface area contributed by atoms with E-state index in [-0.39, 0.29) is 0 Å². The minimum atomic E-state index is 0.562. The Morgan fingerprint density at radius 3 is 2.79 bits per heavy atom. The Kier molecular flexibility index (Phi) is 2.81. The van der Waals surface area contributed by atoms with E-state index in [9.17, 15) is 0 Å². The summed E-state index contributed by atoms with van der Waals surface area (Å²) >= 11 is 0. The average molecular weight is 247 g/mol. The molecule has 19 heavy (non-hydrogen) atoms. The van der Waals surface area contributed by atoms with Crippen LogP contribution in [0.15, 0.2) is 48.5 Å². The van der Waals surface area contributed by atoms with Crippen LogP contribution in [-0.2, 0) is 6.61 Å². The fourth-order valence-electron chi connectivity index (χ4n) is 2.46. The van der Waals surface area contributed by atoms with Crippen molar-refractivity contribution in [1.82, 2.24) is 0 Å². The molecule has 1 heterocycles. The predicted molar refractivity (Wildman–Crippen MR) is 74.7 cm³/mol. The molecule has 2 aromatic carbocycles. The van der Waals surface area contributed by atoms with Gasteiger partial charge < -0.3 is 4.74 Å². The third-order valence-corrected chi connectivity index (χ3v) is 3.38. The molecule has 1 aliphatic heterocycles. The van der Waals surface area contributed by atoms with Crippen LogP contribution < -0.4 is 4.74 Å². The molecule has 2 nitrogen and oxygen atoms in total. The van der Waals surface area contributed by atoms with Crippen LogP contribution in [0.1, 0.15) is 29.2 Å². The Bertz CT molecular complexity index is 707.